The van der Waals surface area contributed by atoms with Crippen LogP contribution in [0.4, 0.5) is 14.6 Å². The van der Waals surface area contributed by atoms with Gasteiger partial charge in [-0.2, -0.15) is 19.5 Å². The Balaban J connectivity index is 0.000000289. The predicted molar refractivity (Wildman–Crippen MR) is 184 cm³/mol. The number of nitrogens with zero attached hydrogens (tertiary/aromatic N) is 6. The van der Waals surface area contributed by atoms with Crippen molar-refractivity contribution in [3.05, 3.63) is 35.2 Å². The number of hydrogen-bond donors (Lipinski definition) is 2. The summed E-state index contributed by atoms with van der Waals surface area (Å²) in [6, 6.07) is 5.77. The molecule has 6 aromatic rings. The Labute approximate surface area is 277 Å². The average Bonchev–Trinajstić information content (AvgIpc) is 3.92. The summed E-state index contributed by atoms with van der Waals surface area (Å²) >= 11 is 2.58. The normalized spacial score (nSPS) is 23.9. The summed E-state index contributed by atoms with van der Waals surface area (Å²) in [6.07, 6.45) is 14.5. The molecule has 4 fully saturated rings. The number of anilines is 1. The van der Waals surface area contributed by atoms with E-state index >= 15 is 0 Å². The van der Waals surface area contributed by atoms with Crippen LogP contribution in [0.1, 0.15) is 37.7 Å². The summed E-state index contributed by atoms with van der Waals surface area (Å²) in [7, 11) is 1.59. The maximum atomic E-state index is 14.9. The average molecular weight is 671 g/mol. The maximum absolute atomic E-state index is 14.9. The van der Waals surface area contributed by atoms with E-state index in [1.807, 2.05) is 12.1 Å². The van der Waals surface area contributed by atoms with Gasteiger partial charge in [0.15, 0.2) is 5.13 Å². The van der Waals surface area contributed by atoms with Crippen LogP contribution in [-0.2, 0) is 0 Å². The standard InChI is InChI=1S/C27H20FN7OS2.C7H12FN/c1-3-14-19-18(37-24(14)28)8-17-16(9-30-34-17)20(19)22-23-15(6-7-29-22)21-25(32-27(36-2)33-26(21)38-23)35-10-12-4-5-13(11-35)31-12;8-6-4-7-2-1-3-9(7)5-6/h1,6-9,12-13,31H,4-5,10-11H2,2H3,(H,30,34);6-7H,1-5H2. The molecule has 0 radical (unpaired) electrons. The number of aromatic amines is 1. The van der Waals surface area contributed by atoms with Gasteiger partial charge in [0.1, 0.15) is 16.8 Å². The topological polar surface area (TPSA) is 95.1 Å². The van der Waals surface area contributed by atoms with Crippen molar-refractivity contribution in [2.75, 3.05) is 38.2 Å². The van der Waals surface area contributed by atoms with Crippen molar-refractivity contribution in [1.82, 2.24) is 35.4 Å². The molecule has 4 unspecified atom stereocenters. The van der Waals surface area contributed by atoms with E-state index in [0.29, 0.717) is 36.1 Å². The number of thiophene rings is 2. The van der Waals surface area contributed by atoms with Crippen LogP contribution >= 0.6 is 22.7 Å². The van der Waals surface area contributed by atoms with Gasteiger partial charge >= 0.3 is 6.01 Å². The molecule has 4 aliphatic rings. The minimum Gasteiger partial charge on any atom is -0.467 e. The zero-order valence-electron chi connectivity index (χ0n) is 25.7. The largest absolute Gasteiger partial charge is 0.467 e. The number of ether oxygens (including phenoxy) is 1. The lowest BCUT2D eigenvalue weighted by Crippen LogP contribution is -2.51. The van der Waals surface area contributed by atoms with Crippen molar-refractivity contribution < 1.29 is 13.5 Å². The minimum absolute atomic E-state index is 0.251. The van der Waals surface area contributed by atoms with Gasteiger partial charge in [-0.25, -0.2) is 4.39 Å². The van der Waals surface area contributed by atoms with Gasteiger partial charge in [-0.1, -0.05) is 5.92 Å². The number of halogens is 2. The highest BCUT2D eigenvalue weighted by molar-refractivity contribution is 7.26. The number of aromatic nitrogens is 5. The van der Waals surface area contributed by atoms with Crippen molar-refractivity contribution in [2.24, 2.45) is 0 Å². The Hall–Kier alpha value is -3.96. The molecule has 9 nitrogen and oxygen atoms in total. The van der Waals surface area contributed by atoms with Gasteiger partial charge in [0, 0.05) is 70.4 Å². The summed E-state index contributed by atoms with van der Waals surface area (Å²) in [5.74, 6) is 3.45. The second-order valence-corrected chi connectivity index (χ2v) is 14.9. The number of methoxy groups -OCH3 is 1. The summed E-state index contributed by atoms with van der Waals surface area (Å²) < 4.78 is 34.8. The van der Waals surface area contributed by atoms with Gasteiger partial charge in [0.2, 0.25) is 0 Å². The lowest BCUT2D eigenvalue weighted by molar-refractivity contribution is 0.292. The van der Waals surface area contributed by atoms with E-state index in [9.17, 15) is 8.78 Å². The molecule has 10 rings (SSSR count). The second-order valence-electron chi connectivity index (χ2n) is 12.9. The predicted octanol–water partition coefficient (Wildman–Crippen LogP) is 6.26. The van der Waals surface area contributed by atoms with Crippen LogP contribution in [-0.4, -0.2) is 87.6 Å². The maximum Gasteiger partial charge on any atom is 0.319 e. The minimum atomic E-state index is -0.518. The Bertz CT molecular complexity index is 2200. The molecule has 0 saturated carbocycles. The summed E-state index contributed by atoms with van der Waals surface area (Å²) in [5.41, 5.74) is 2.55. The molecule has 13 heteroatoms. The number of hydrogen-bond acceptors (Lipinski definition) is 10. The number of pyridine rings is 1. The second kappa shape index (κ2) is 11.3. The van der Waals surface area contributed by atoms with E-state index in [1.165, 1.54) is 37.0 Å². The first kappa shape index (κ1) is 29.2. The Kier molecular flexibility index (Phi) is 7.04. The van der Waals surface area contributed by atoms with Crippen molar-refractivity contribution >= 4 is 69.8 Å². The smallest absolute Gasteiger partial charge is 0.319 e. The Morgan fingerprint density at radius 1 is 1.09 bits per heavy atom. The van der Waals surface area contributed by atoms with Crippen LogP contribution in [0.2, 0.25) is 0 Å². The monoisotopic (exact) mass is 670 g/mol. The summed E-state index contributed by atoms with van der Waals surface area (Å²) in [5, 5.41) is 14.1. The van der Waals surface area contributed by atoms with Crippen molar-refractivity contribution in [1.29, 1.82) is 0 Å². The van der Waals surface area contributed by atoms with Gasteiger partial charge in [0.05, 0.1) is 40.2 Å². The molecular weight excluding hydrogens is 639 g/mol. The molecule has 1 aromatic carbocycles. The van der Waals surface area contributed by atoms with Gasteiger partial charge < -0.3 is 15.0 Å². The Morgan fingerprint density at radius 2 is 1.94 bits per heavy atom. The first-order chi connectivity index (χ1) is 23.0. The van der Waals surface area contributed by atoms with E-state index in [-0.39, 0.29) is 10.7 Å². The van der Waals surface area contributed by atoms with Crippen LogP contribution in [0, 0.1) is 17.5 Å². The molecule has 0 amide bonds. The molecular formula is C34H32F2N8OS2. The highest BCUT2D eigenvalue weighted by Gasteiger charge is 2.36. The zero-order chi connectivity index (χ0) is 31.8. The van der Waals surface area contributed by atoms with Crippen LogP contribution in [0.5, 0.6) is 6.01 Å². The molecule has 4 saturated heterocycles. The summed E-state index contributed by atoms with van der Waals surface area (Å²) in [6.45, 7) is 3.63. The van der Waals surface area contributed by atoms with E-state index < -0.39 is 6.17 Å². The van der Waals surface area contributed by atoms with Gasteiger partial charge in [-0.05, 0) is 50.8 Å². The zero-order valence-corrected chi connectivity index (χ0v) is 27.4. The van der Waals surface area contributed by atoms with Crippen LogP contribution in [0.25, 0.3) is 52.5 Å². The van der Waals surface area contributed by atoms with Crippen LogP contribution in [0.3, 0.4) is 0 Å². The van der Waals surface area contributed by atoms with E-state index in [1.54, 1.807) is 19.5 Å². The number of H-pyrrole nitrogens is 1. The first-order valence-electron chi connectivity index (χ1n) is 16.1. The molecule has 9 heterocycles. The molecule has 0 spiro atoms. The number of nitrogens with one attached hydrogen (secondary N) is 2. The SMILES string of the molecule is C#Cc1c(F)sc2cc3[nH]ncc3c(-c3nccc4c3sc3nc(OC)nc(N5CC6CCC(C5)N6)c34)c12.FC1CC2CCCN2C1. The van der Waals surface area contributed by atoms with Gasteiger partial charge in [-0.3, -0.25) is 15.0 Å². The summed E-state index contributed by atoms with van der Waals surface area (Å²) in [4.78, 5) is 19.9. The van der Waals surface area contributed by atoms with Gasteiger partial charge in [-0.15, -0.1) is 29.1 Å². The van der Waals surface area contributed by atoms with Crippen molar-refractivity contribution in [3.63, 3.8) is 0 Å². The lowest BCUT2D eigenvalue weighted by atomic mass is 9.98. The number of piperazine rings is 1. The molecule has 47 heavy (non-hydrogen) atoms. The number of terminal acetylenes is 1. The van der Waals surface area contributed by atoms with Crippen LogP contribution < -0.4 is 15.0 Å². The lowest BCUT2D eigenvalue weighted by Gasteiger charge is -2.34. The number of rotatable bonds is 3. The highest BCUT2D eigenvalue weighted by atomic mass is 32.1. The number of fused-ring (bicyclic) bond motifs is 8. The molecule has 4 atom stereocenters. The van der Waals surface area contributed by atoms with E-state index in [4.69, 9.17) is 26.1 Å². The van der Waals surface area contributed by atoms with E-state index in [2.05, 4.69) is 31.2 Å². The quantitative estimate of drug-likeness (QED) is 0.213. The number of alkyl halides is 1. The third-order valence-electron chi connectivity index (χ3n) is 10.1. The fourth-order valence-electron chi connectivity index (χ4n) is 8.08. The van der Waals surface area contributed by atoms with Gasteiger partial charge in [0.25, 0.3) is 0 Å². The van der Waals surface area contributed by atoms with Crippen LogP contribution in [0.15, 0.2) is 24.5 Å². The molecule has 2 bridgehead atoms. The molecule has 2 N–H and O–H groups in total. The first-order valence-corrected chi connectivity index (χ1v) is 17.7. The molecule has 0 aliphatic carbocycles. The third kappa shape index (κ3) is 4.76. The highest BCUT2D eigenvalue weighted by Crippen LogP contribution is 2.47. The molecule has 5 aromatic heterocycles. The molecule has 4 aliphatic heterocycles. The fraction of sp³-hybridized carbons (Fsp3) is 0.412. The third-order valence-corrected chi connectivity index (χ3v) is 12.1. The number of benzene rings is 1. The van der Waals surface area contributed by atoms with E-state index in [0.717, 1.165) is 90.4 Å². The Morgan fingerprint density at radius 3 is 2.72 bits per heavy atom. The van der Waals surface area contributed by atoms with Crippen molar-refractivity contribution in [3.8, 4) is 29.6 Å². The van der Waals surface area contributed by atoms with Crippen molar-refractivity contribution in [2.45, 2.75) is 56.4 Å². The fourth-order valence-corrected chi connectivity index (χ4v) is 10.2. The molecule has 240 valence electrons.